The van der Waals surface area contributed by atoms with Crippen LogP contribution in [-0.4, -0.2) is 76.1 Å². The highest BCUT2D eigenvalue weighted by Crippen LogP contribution is 2.48. The molecular formula is C33H28ClF4N9O6. The van der Waals surface area contributed by atoms with Gasteiger partial charge in [-0.15, -0.1) is 5.10 Å². The third-order valence-electron chi connectivity index (χ3n) is 9.26. The number of nitrogens with one attached hydrogen (secondary N) is 1. The molecule has 0 radical (unpaired) electrons. The number of nitrogens with zero attached hydrogens (tertiary/aromatic N) is 8. The average molecular weight is 758 g/mol. The van der Waals surface area contributed by atoms with E-state index >= 15 is 4.39 Å². The molecule has 6 heterocycles. The quantitative estimate of drug-likeness (QED) is 0.234. The zero-order chi connectivity index (χ0) is 38.0. The van der Waals surface area contributed by atoms with Gasteiger partial charge < -0.3 is 29.4 Å². The molecule has 0 aliphatic carbocycles. The Morgan fingerprint density at radius 3 is 2.58 bits per heavy atom. The summed E-state index contributed by atoms with van der Waals surface area (Å²) in [5.74, 6) is -3.29. The molecule has 1 atom stereocenters. The lowest BCUT2D eigenvalue weighted by Gasteiger charge is -2.39. The Bertz CT molecular complexity index is 2380. The lowest BCUT2D eigenvalue weighted by molar-refractivity contribution is -0.137. The summed E-state index contributed by atoms with van der Waals surface area (Å²) in [6.07, 6.45) is -2.82. The van der Waals surface area contributed by atoms with Crippen molar-refractivity contribution >= 4 is 34.9 Å². The van der Waals surface area contributed by atoms with Gasteiger partial charge in [0, 0.05) is 19.3 Å². The summed E-state index contributed by atoms with van der Waals surface area (Å²) < 4.78 is 68.8. The van der Waals surface area contributed by atoms with Crippen LogP contribution in [0, 0.1) is 12.7 Å². The number of fused-ring (bicyclic) bond motifs is 3. The van der Waals surface area contributed by atoms with Crippen LogP contribution < -0.4 is 15.6 Å². The Balaban J connectivity index is 1.30. The van der Waals surface area contributed by atoms with Crippen molar-refractivity contribution in [3.05, 3.63) is 86.2 Å². The van der Waals surface area contributed by atoms with E-state index in [1.807, 2.05) is 0 Å². The minimum absolute atomic E-state index is 0.0858. The predicted molar refractivity (Wildman–Crippen MR) is 177 cm³/mol. The molecule has 2 N–H and O–H groups in total. The summed E-state index contributed by atoms with van der Waals surface area (Å²) in [7, 11) is 1.22. The maximum Gasteiger partial charge on any atom is 0.416 e. The molecular weight excluding hydrogens is 730 g/mol. The smallest absolute Gasteiger partial charge is 0.416 e. The van der Waals surface area contributed by atoms with Crippen molar-refractivity contribution < 1.29 is 41.7 Å². The fourth-order valence-electron chi connectivity index (χ4n) is 6.72. The van der Waals surface area contributed by atoms with Gasteiger partial charge in [0.1, 0.15) is 18.5 Å². The third-order valence-corrected chi connectivity index (χ3v) is 9.57. The SMILES string of the molecule is COc1nccc(-c2nc3n(CC(=O)Nc4ccc(C(F)(F)F)cc4Cl)c4c(c(=O)n3n2)C2(CCN(C(=O)c3ncnc(C)c3O)CC2)OC4C)c1F. The van der Waals surface area contributed by atoms with Crippen LogP contribution in [0.1, 0.15) is 58.9 Å². The van der Waals surface area contributed by atoms with E-state index in [0.717, 1.165) is 16.6 Å². The Morgan fingerprint density at radius 1 is 1.17 bits per heavy atom. The second kappa shape index (κ2) is 13.1. The van der Waals surface area contributed by atoms with Gasteiger partial charge in [0.25, 0.3) is 17.3 Å². The molecule has 276 valence electrons. The highest BCUT2D eigenvalue weighted by Gasteiger charge is 2.51. The van der Waals surface area contributed by atoms with Crippen molar-refractivity contribution in [1.29, 1.82) is 0 Å². The lowest BCUT2D eigenvalue weighted by Crippen LogP contribution is -2.47. The number of likely N-dealkylation sites (tertiary alicyclic amines) is 1. The van der Waals surface area contributed by atoms with Gasteiger partial charge in [0.15, 0.2) is 23.1 Å². The van der Waals surface area contributed by atoms with E-state index < -0.39 is 53.2 Å². The summed E-state index contributed by atoms with van der Waals surface area (Å²) in [6, 6.07) is 3.74. The Morgan fingerprint density at radius 2 is 1.91 bits per heavy atom. The number of halogens is 5. The first-order valence-corrected chi connectivity index (χ1v) is 16.4. The van der Waals surface area contributed by atoms with Crippen LogP contribution in [-0.2, 0) is 27.9 Å². The molecule has 1 spiro atoms. The number of carbonyl (C=O) groups excluding carboxylic acids is 2. The van der Waals surface area contributed by atoms with E-state index in [2.05, 4.69) is 30.4 Å². The van der Waals surface area contributed by atoms with Crippen molar-refractivity contribution in [2.45, 2.75) is 51.1 Å². The average Bonchev–Trinajstić information content (AvgIpc) is 3.68. The van der Waals surface area contributed by atoms with Crippen molar-refractivity contribution in [3.8, 4) is 23.0 Å². The number of alkyl halides is 3. The van der Waals surface area contributed by atoms with Crippen LogP contribution in [0.15, 0.2) is 41.6 Å². The molecule has 2 amide bonds. The fraction of sp³-hybridized carbons (Fsp3) is 0.333. The number of rotatable bonds is 6. The first-order chi connectivity index (χ1) is 25.1. The molecule has 1 unspecified atom stereocenters. The number of hydrogen-bond acceptors (Lipinski definition) is 11. The Kier molecular flexibility index (Phi) is 8.80. The molecule has 2 aliphatic rings. The topological polar surface area (TPSA) is 179 Å². The summed E-state index contributed by atoms with van der Waals surface area (Å²) >= 11 is 6.10. The summed E-state index contributed by atoms with van der Waals surface area (Å²) in [6.45, 7) is 2.81. The highest BCUT2D eigenvalue weighted by atomic mass is 35.5. The van der Waals surface area contributed by atoms with Gasteiger partial charge in [0.05, 0.1) is 52.0 Å². The van der Waals surface area contributed by atoms with Crippen molar-refractivity contribution in [2.24, 2.45) is 0 Å². The van der Waals surface area contributed by atoms with Crippen molar-refractivity contribution in [2.75, 3.05) is 25.5 Å². The molecule has 0 saturated carbocycles. The lowest BCUT2D eigenvalue weighted by atomic mass is 9.85. The number of aromatic nitrogens is 7. The van der Waals surface area contributed by atoms with E-state index in [0.29, 0.717) is 6.07 Å². The van der Waals surface area contributed by atoms with Crippen LogP contribution in [0.3, 0.4) is 0 Å². The number of amides is 2. The molecule has 53 heavy (non-hydrogen) atoms. The van der Waals surface area contributed by atoms with E-state index in [-0.39, 0.29) is 88.1 Å². The second-order valence-electron chi connectivity index (χ2n) is 12.4. The highest BCUT2D eigenvalue weighted by molar-refractivity contribution is 6.33. The van der Waals surface area contributed by atoms with E-state index in [1.54, 1.807) is 6.92 Å². The number of pyridine rings is 1. The Labute approximate surface area is 301 Å². The summed E-state index contributed by atoms with van der Waals surface area (Å²) in [5.41, 5.74) is -2.75. The number of piperidine rings is 1. The maximum atomic E-state index is 15.4. The number of hydrogen-bond donors (Lipinski definition) is 2. The fourth-order valence-corrected chi connectivity index (χ4v) is 6.95. The van der Waals surface area contributed by atoms with E-state index in [1.165, 1.54) is 42.1 Å². The number of benzene rings is 1. The van der Waals surface area contributed by atoms with Gasteiger partial charge in [0.2, 0.25) is 11.7 Å². The molecule has 2 aliphatic heterocycles. The van der Waals surface area contributed by atoms with Gasteiger partial charge in [-0.2, -0.15) is 22.7 Å². The number of anilines is 1. The second-order valence-corrected chi connectivity index (χ2v) is 12.8. The minimum atomic E-state index is -4.66. The monoisotopic (exact) mass is 757 g/mol. The molecule has 20 heteroatoms. The van der Waals surface area contributed by atoms with Gasteiger partial charge in [-0.05, 0) is 51.0 Å². The first kappa shape index (κ1) is 35.7. The minimum Gasteiger partial charge on any atom is -0.504 e. The number of aromatic hydroxyl groups is 1. The van der Waals surface area contributed by atoms with Crippen LogP contribution in [0.4, 0.5) is 23.2 Å². The number of aryl methyl sites for hydroxylation is 1. The van der Waals surface area contributed by atoms with Crippen LogP contribution >= 0.6 is 11.6 Å². The number of ether oxygens (including phenoxy) is 2. The summed E-state index contributed by atoms with van der Waals surface area (Å²) in [5, 5.41) is 16.9. The van der Waals surface area contributed by atoms with Crippen molar-refractivity contribution in [3.63, 3.8) is 0 Å². The zero-order valence-corrected chi connectivity index (χ0v) is 28.8. The van der Waals surface area contributed by atoms with E-state index in [9.17, 15) is 32.7 Å². The van der Waals surface area contributed by atoms with Crippen LogP contribution in [0.25, 0.3) is 17.2 Å². The molecule has 5 aromatic rings. The normalized spacial score (nSPS) is 16.6. The molecule has 15 nitrogen and oxygen atoms in total. The van der Waals surface area contributed by atoms with Gasteiger partial charge in [-0.1, -0.05) is 11.6 Å². The predicted octanol–water partition coefficient (Wildman–Crippen LogP) is 4.44. The van der Waals surface area contributed by atoms with Gasteiger partial charge in [-0.25, -0.2) is 19.3 Å². The maximum absolute atomic E-state index is 15.4. The molecule has 0 bridgehead atoms. The standard InChI is InChI=1S/C33H28ClF4N9O6/c1-15-26(49)24(41-14-40-15)30(51)45-10-7-32(8-11-45)22-25(16(2)53-32)46(13-21(48)42-20-5-4-17(12-19(20)34)33(36,37)38)31-43-27(44-47(31)29(22)50)18-6-9-39-28(52-3)23(18)35/h4-6,9,12,14,16,49H,7-8,10-11,13H2,1-3H3,(H,42,48). The van der Waals surface area contributed by atoms with Gasteiger partial charge in [-0.3, -0.25) is 14.4 Å². The largest absolute Gasteiger partial charge is 0.504 e. The van der Waals surface area contributed by atoms with Crippen LogP contribution in [0.5, 0.6) is 11.6 Å². The molecule has 7 rings (SSSR count). The Hall–Kier alpha value is -5.69. The zero-order valence-electron chi connectivity index (χ0n) is 28.0. The van der Waals surface area contributed by atoms with Crippen molar-refractivity contribution in [1.82, 2.24) is 39.0 Å². The van der Waals surface area contributed by atoms with Crippen LogP contribution in [0.2, 0.25) is 5.02 Å². The molecule has 1 fully saturated rings. The molecule has 1 saturated heterocycles. The summed E-state index contributed by atoms with van der Waals surface area (Å²) in [4.78, 5) is 58.9. The molecule has 1 aromatic carbocycles. The number of methoxy groups -OCH3 is 1. The van der Waals surface area contributed by atoms with Gasteiger partial charge >= 0.3 is 6.18 Å². The molecule has 4 aromatic heterocycles. The third kappa shape index (κ3) is 6.08. The first-order valence-electron chi connectivity index (χ1n) is 16.0. The van der Waals surface area contributed by atoms with E-state index in [4.69, 9.17) is 21.1 Å². The number of carbonyl (C=O) groups is 2.